The molecular weight excluding hydrogens is 276 g/mol. The lowest BCUT2D eigenvalue weighted by molar-refractivity contribution is -0.134. The zero-order chi connectivity index (χ0) is 15.7. The molecule has 2 unspecified atom stereocenters. The Morgan fingerprint density at radius 1 is 1.09 bits per heavy atom. The summed E-state index contributed by atoms with van der Waals surface area (Å²) in [5.41, 5.74) is 3.10. The van der Waals surface area contributed by atoms with Crippen molar-refractivity contribution in [2.24, 2.45) is 11.8 Å². The fourth-order valence-electron chi connectivity index (χ4n) is 3.29. The van der Waals surface area contributed by atoms with Crippen LogP contribution in [0.15, 0.2) is 18.2 Å². The van der Waals surface area contributed by atoms with Gasteiger partial charge in [0.2, 0.25) is 11.8 Å². The fourth-order valence-corrected chi connectivity index (χ4v) is 3.29. The molecule has 4 heteroatoms. The number of hydrogen-bond donors (Lipinski definition) is 1. The van der Waals surface area contributed by atoms with Crippen molar-refractivity contribution in [2.45, 2.75) is 39.5 Å². The van der Waals surface area contributed by atoms with Gasteiger partial charge in [-0.05, 0) is 51.2 Å². The highest BCUT2D eigenvalue weighted by Gasteiger charge is 2.49. The van der Waals surface area contributed by atoms with Gasteiger partial charge < -0.3 is 10.2 Å². The van der Waals surface area contributed by atoms with Crippen LogP contribution in [0.25, 0.3) is 0 Å². The Balaban J connectivity index is 1.57. The van der Waals surface area contributed by atoms with E-state index in [9.17, 15) is 9.59 Å². The highest BCUT2D eigenvalue weighted by molar-refractivity contribution is 5.99. The summed E-state index contributed by atoms with van der Waals surface area (Å²) in [6.45, 7) is 5.75. The van der Waals surface area contributed by atoms with Gasteiger partial charge in [-0.15, -0.1) is 0 Å². The average molecular weight is 300 g/mol. The van der Waals surface area contributed by atoms with Crippen LogP contribution in [0.2, 0.25) is 0 Å². The van der Waals surface area contributed by atoms with E-state index >= 15 is 0 Å². The first-order chi connectivity index (χ1) is 10.6. The molecule has 2 aliphatic rings. The van der Waals surface area contributed by atoms with Crippen molar-refractivity contribution >= 4 is 17.5 Å². The maximum Gasteiger partial charge on any atom is 0.228 e. The van der Waals surface area contributed by atoms with E-state index in [0.717, 1.165) is 37.2 Å². The smallest absolute Gasteiger partial charge is 0.228 e. The molecule has 118 valence electrons. The molecule has 3 rings (SSSR count). The van der Waals surface area contributed by atoms with E-state index in [2.05, 4.69) is 11.4 Å². The van der Waals surface area contributed by atoms with E-state index in [1.807, 2.05) is 30.9 Å². The predicted octanol–water partition coefficient (Wildman–Crippen LogP) is 2.89. The van der Waals surface area contributed by atoms with Gasteiger partial charge in [0.1, 0.15) is 0 Å². The summed E-state index contributed by atoms with van der Waals surface area (Å²) in [5, 5.41) is 2.98. The molecule has 1 aromatic rings. The summed E-state index contributed by atoms with van der Waals surface area (Å²) in [7, 11) is 0. The van der Waals surface area contributed by atoms with Gasteiger partial charge in [-0.1, -0.05) is 17.7 Å². The molecule has 1 aliphatic carbocycles. The Labute approximate surface area is 131 Å². The van der Waals surface area contributed by atoms with E-state index < -0.39 is 0 Å². The van der Waals surface area contributed by atoms with Crippen LogP contribution in [0.3, 0.4) is 0 Å². The molecule has 4 nitrogen and oxygen atoms in total. The number of carbonyl (C=O) groups is 2. The van der Waals surface area contributed by atoms with Crippen LogP contribution in [0.5, 0.6) is 0 Å². The Morgan fingerprint density at radius 3 is 2.50 bits per heavy atom. The standard InChI is InChI=1S/C18H24N2O2/c1-12-6-7-16(13(2)10-12)19-17(21)14-11-15(14)18(22)20-8-4-3-5-9-20/h6-7,10,14-15H,3-5,8-9,11H2,1-2H3,(H,19,21). The number of aryl methyl sites for hydroxylation is 2. The van der Waals surface area contributed by atoms with Crippen molar-refractivity contribution < 1.29 is 9.59 Å². The summed E-state index contributed by atoms with van der Waals surface area (Å²) in [6.07, 6.45) is 4.10. The molecule has 0 radical (unpaired) electrons. The SMILES string of the molecule is Cc1ccc(NC(=O)C2CC2C(=O)N2CCCCC2)c(C)c1. The zero-order valence-corrected chi connectivity index (χ0v) is 13.4. The minimum Gasteiger partial charge on any atom is -0.342 e. The second kappa shape index (κ2) is 6.11. The molecule has 1 heterocycles. The number of rotatable bonds is 3. The molecule has 1 aromatic carbocycles. The predicted molar refractivity (Wildman–Crippen MR) is 86.6 cm³/mol. The molecule has 2 fully saturated rings. The van der Waals surface area contributed by atoms with Gasteiger partial charge in [-0.2, -0.15) is 0 Å². The molecule has 2 amide bonds. The van der Waals surface area contributed by atoms with Gasteiger partial charge in [0, 0.05) is 18.8 Å². The quantitative estimate of drug-likeness (QED) is 0.933. The largest absolute Gasteiger partial charge is 0.342 e. The molecular formula is C18H24N2O2. The van der Waals surface area contributed by atoms with E-state index in [-0.39, 0.29) is 23.7 Å². The Kier molecular flexibility index (Phi) is 4.19. The van der Waals surface area contributed by atoms with Gasteiger partial charge in [-0.25, -0.2) is 0 Å². The highest BCUT2D eigenvalue weighted by atomic mass is 16.2. The van der Waals surface area contributed by atoms with Gasteiger partial charge >= 0.3 is 0 Å². The summed E-state index contributed by atoms with van der Waals surface area (Å²) in [4.78, 5) is 26.7. The summed E-state index contributed by atoms with van der Waals surface area (Å²) < 4.78 is 0. The van der Waals surface area contributed by atoms with E-state index in [1.54, 1.807) is 0 Å². The first-order valence-corrected chi connectivity index (χ1v) is 8.23. The van der Waals surface area contributed by atoms with Crippen molar-refractivity contribution in [1.29, 1.82) is 0 Å². The van der Waals surface area contributed by atoms with Crippen LogP contribution in [0, 0.1) is 25.7 Å². The van der Waals surface area contributed by atoms with E-state index in [0.29, 0.717) is 6.42 Å². The van der Waals surface area contributed by atoms with Crippen LogP contribution in [0.1, 0.15) is 36.8 Å². The van der Waals surface area contributed by atoms with E-state index in [1.165, 1.54) is 12.0 Å². The van der Waals surface area contributed by atoms with Crippen LogP contribution < -0.4 is 5.32 Å². The summed E-state index contributed by atoms with van der Waals surface area (Å²) >= 11 is 0. The number of carbonyl (C=O) groups excluding carboxylic acids is 2. The molecule has 22 heavy (non-hydrogen) atoms. The first-order valence-electron chi connectivity index (χ1n) is 8.23. The minimum atomic E-state index is -0.143. The Bertz CT molecular complexity index is 591. The van der Waals surface area contributed by atoms with Crippen LogP contribution in [0.4, 0.5) is 5.69 Å². The van der Waals surface area contributed by atoms with Crippen molar-refractivity contribution in [3.05, 3.63) is 29.3 Å². The third-order valence-electron chi connectivity index (χ3n) is 4.75. The maximum atomic E-state index is 12.4. The second-order valence-corrected chi connectivity index (χ2v) is 6.64. The van der Waals surface area contributed by atoms with Crippen molar-refractivity contribution in [3.8, 4) is 0 Å². The number of hydrogen-bond acceptors (Lipinski definition) is 2. The molecule has 1 saturated heterocycles. The average Bonchev–Trinajstić information content (AvgIpc) is 3.31. The fraction of sp³-hybridized carbons (Fsp3) is 0.556. The van der Waals surface area contributed by atoms with Gasteiger partial charge in [-0.3, -0.25) is 9.59 Å². The monoisotopic (exact) mass is 300 g/mol. The lowest BCUT2D eigenvalue weighted by Gasteiger charge is -2.26. The lowest BCUT2D eigenvalue weighted by atomic mass is 10.1. The van der Waals surface area contributed by atoms with Crippen LogP contribution in [-0.2, 0) is 9.59 Å². The number of piperidine rings is 1. The third-order valence-corrected chi connectivity index (χ3v) is 4.75. The molecule has 1 saturated carbocycles. The second-order valence-electron chi connectivity index (χ2n) is 6.64. The maximum absolute atomic E-state index is 12.4. The molecule has 1 N–H and O–H groups in total. The number of anilines is 1. The lowest BCUT2D eigenvalue weighted by Crippen LogP contribution is -2.37. The third kappa shape index (κ3) is 3.16. The van der Waals surface area contributed by atoms with Crippen LogP contribution in [-0.4, -0.2) is 29.8 Å². The normalized spacial score (nSPS) is 24.0. The Morgan fingerprint density at radius 2 is 1.82 bits per heavy atom. The van der Waals surface area contributed by atoms with Gasteiger partial charge in [0.15, 0.2) is 0 Å². The molecule has 0 bridgehead atoms. The minimum absolute atomic E-state index is 0.0117. The van der Waals surface area contributed by atoms with Crippen molar-refractivity contribution in [1.82, 2.24) is 4.90 Å². The van der Waals surface area contributed by atoms with Crippen molar-refractivity contribution in [3.63, 3.8) is 0 Å². The molecule has 2 atom stereocenters. The topological polar surface area (TPSA) is 49.4 Å². The number of likely N-dealkylation sites (tertiary alicyclic amines) is 1. The number of nitrogens with one attached hydrogen (secondary N) is 1. The molecule has 1 aliphatic heterocycles. The van der Waals surface area contributed by atoms with Crippen LogP contribution >= 0.6 is 0 Å². The zero-order valence-electron chi connectivity index (χ0n) is 13.4. The van der Waals surface area contributed by atoms with Gasteiger partial charge in [0.05, 0.1) is 11.8 Å². The molecule has 0 spiro atoms. The van der Waals surface area contributed by atoms with E-state index in [4.69, 9.17) is 0 Å². The summed E-state index contributed by atoms with van der Waals surface area (Å²) in [5.74, 6) is -0.0678. The summed E-state index contributed by atoms with van der Waals surface area (Å²) in [6, 6.07) is 5.98. The number of benzene rings is 1. The number of amides is 2. The Hall–Kier alpha value is -1.84. The van der Waals surface area contributed by atoms with Crippen molar-refractivity contribution in [2.75, 3.05) is 18.4 Å². The molecule has 0 aromatic heterocycles. The first kappa shape index (κ1) is 15.1. The number of nitrogens with zero attached hydrogens (tertiary/aromatic N) is 1. The highest BCUT2D eigenvalue weighted by Crippen LogP contribution is 2.41. The van der Waals surface area contributed by atoms with Gasteiger partial charge in [0.25, 0.3) is 0 Å².